The zero-order chi connectivity index (χ0) is 13.3. The highest BCUT2D eigenvalue weighted by Gasteiger charge is 2.14. The maximum absolute atomic E-state index is 12.0. The number of benzene rings is 1. The number of ether oxygens (including phenoxy) is 1. The van der Waals surface area contributed by atoms with Crippen molar-refractivity contribution in [2.24, 2.45) is 5.73 Å². The van der Waals surface area contributed by atoms with Gasteiger partial charge in [-0.05, 0) is 43.9 Å². The van der Waals surface area contributed by atoms with Gasteiger partial charge in [0.2, 0.25) is 0 Å². The van der Waals surface area contributed by atoms with Gasteiger partial charge in [-0.2, -0.15) is 0 Å². The summed E-state index contributed by atoms with van der Waals surface area (Å²) in [5.41, 5.74) is 6.95. The maximum Gasteiger partial charge on any atom is 0.251 e. The van der Waals surface area contributed by atoms with Gasteiger partial charge in [0.1, 0.15) is 5.75 Å². The molecule has 0 aliphatic heterocycles. The lowest BCUT2D eigenvalue weighted by Crippen LogP contribution is -2.36. The number of hydrogen-bond donors (Lipinski definition) is 2. The van der Waals surface area contributed by atoms with E-state index < -0.39 is 5.54 Å². The molecule has 0 atom stereocenters. The number of nitrogens with two attached hydrogens (primary N) is 1. The minimum Gasteiger partial charge on any atom is -0.497 e. The fraction of sp³-hybridized carbons (Fsp3) is 0.357. The Labute approximate surface area is 106 Å². The Bertz CT molecular complexity index is 624. The zero-order valence-corrected chi connectivity index (χ0v) is 10.9. The highest BCUT2D eigenvalue weighted by molar-refractivity contribution is 5.80. The van der Waals surface area contributed by atoms with Gasteiger partial charge in [0.15, 0.2) is 0 Å². The first-order valence-corrected chi connectivity index (χ1v) is 5.88. The zero-order valence-electron chi connectivity index (χ0n) is 10.9. The van der Waals surface area contributed by atoms with Crippen LogP contribution in [-0.4, -0.2) is 17.6 Å². The minimum absolute atomic E-state index is 0.0886. The fourth-order valence-electron chi connectivity index (χ4n) is 1.97. The van der Waals surface area contributed by atoms with E-state index in [2.05, 4.69) is 4.98 Å². The van der Waals surface area contributed by atoms with Crippen molar-refractivity contribution in [2.75, 3.05) is 7.11 Å². The first-order chi connectivity index (χ1) is 8.39. The molecule has 0 saturated heterocycles. The molecule has 2 aromatic rings. The van der Waals surface area contributed by atoms with Crippen molar-refractivity contribution >= 4 is 10.9 Å². The van der Waals surface area contributed by atoms with Crippen LogP contribution in [0, 0.1) is 0 Å². The highest BCUT2D eigenvalue weighted by Crippen LogP contribution is 2.19. The summed E-state index contributed by atoms with van der Waals surface area (Å²) >= 11 is 0. The van der Waals surface area contributed by atoms with Gasteiger partial charge in [0.25, 0.3) is 5.56 Å². The van der Waals surface area contributed by atoms with E-state index in [4.69, 9.17) is 10.5 Å². The Balaban J connectivity index is 2.53. The van der Waals surface area contributed by atoms with E-state index >= 15 is 0 Å². The number of fused-ring (bicyclic) bond motifs is 1. The highest BCUT2D eigenvalue weighted by atomic mass is 16.5. The molecule has 2 rings (SSSR count). The lowest BCUT2D eigenvalue weighted by atomic mass is 9.96. The summed E-state index contributed by atoms with van der Waals surface area (Å²) in [5.74, 6) is 0.727. The molecule has 0 spiro atoms. The summed E-state index contributed by atoms with van der Waals surface area (Å²) in [6.07, 6.45) is 0.546. The van der Waals surface area contributed by atoms with Crippen molar-refractivity contribution in [1.29, 1.82) is 0 Å². The number of aromatic amines is 1. The van der Waals surface area contributed by atoms with Crippen molar-refractivity contribution in [3.8, 4) is 5.75 Å². The summed E-state index contributed by atoms with van der Waals surface area (Å²) in [7, 11) is 1.60. The van der Waals surface area contributed by atoms with Crippen molar-refractivity contribution in [3.05, 3.63) is 40.2 Å². The van der Waals surface area contributed by atoms with Crippen LogP contribution in [0.5, 0.6) is 5.75 Å². The van der Waals surface area contributed by atoms with Crippen LogP contribution in [0.4, 0.5) is 0 Å². The second-order valence-electron chi connectivity index (χ2n) is 5.24. The molecule has 1 heterocycles. The predicted molar refractivity (Wildman–Crippen MR) is 73.1 cm³/mol. The van der Waals surface area contributed by atoms with Crippen LogP contribution < -0.4 is 16.0 Å². The molecule has 1 aromatic heterocycles. The number of methoxy groups -OCH3 is 1. The van der Waals surface area contributed by atoms with Crippen molar-refractivity contribution < 1.29 is 4.74 Å². The molecule has 18 heavy (non-hydrogen) atoms. The molecule has 0 saturated carbocycles. The Hall–Kier alpha value is -1.81. The van der Waals surface area contributed by atoms with E-state index in [-0.39, 0.29) is 5.56 Å². The van der Waals surface area contributed by atoms with E-state index in [1.807, 2.05) is 38.1 Å². The largest absolute Gasteiger partial charge is 0.497 e. The monoisotopic (exact) mass is 246 g/mol. The number of pyridine rings is 1. The molecule has 0 aliphatic carbocycles. The third-order valence-corrected chi connectivity index (χ3v) is 2.78. The molecule has 0 bridgehead atoms. The first kappa shape index (κ1) is 12.6. The summed E-state index contributed by atoms with van der Waals surface area (Å²) < 4.78 is 5.13. The maximum atomic E-state index is 12.0. The van der Waals surface area contributed by atoms with Crippen LogP contribution >= 0.6 is 0 Å². The summed E-state index contributed by atoms with van der Waals surface area (Å²) in [5, 5.41) is 0.981. The summed E-state index contributed by atoms with van der Waals surface area (Å²) in [6, 6.07) is 7.51. The van der Waals surface area contributed by atoms with Crippen LogP contribution in [0.3, 0.4) is 0 Å². The van der Waals surface area contributed by atoms with Gasteiger partial charge in [0, 0.05) is 17.2 Å². The Morgan fingerprint density at radius 2 is 2.06 bits per heavy atom. The predicted octanol–water partition coefficient (Wildman–Crippen LogP) is 1.82. The lowest BCUT2D eigenvalue weighted by Gasteiger charge is -2.17. The molecular weight excluding hydrogens is 228 g/mol. The molecule has 1 aromatic carbocycles. The van der Waals surface area contributed by atoms with Gasteiger partial charge >= 0.3 is 0 Å². The van der Waals surface area contributed by atoms with Gasteiger partial charge in [-0.15, -0.1) is 0 Å². The third kappa shape index (κ3) is 2.71. The number of hydrogen-bond acceptors (Lipinski definition) is 3. The molecule has 0 unspecified atom stereocenters. The van der Waals surface area contributed by atoms with Gasteiger partial charge < -0.3 is 15.5 Å². The van der Waals surface area contributed by atoms with E-state index in [0.717, 1.165) is 16.7 Å². The second-order valence-corrected chi connectivity index (χ2v) is 5.24. The van der Waals surface area contributed by atoms with E-state index in [0.29, 0.717) is 12.0 Å². The Kier molecular flexibility index (Phi) is 3.13. The van der Waals surface area contributed by atoms with Gasteiger partial charge in [-0.25, -0.2) is 0 Å². The normalized spacial score (nSPS) is 11.8. The average Bonchev–Trinajstić information content (AvgIpc) is 2.27. The quantitative estimate of drug-likeness (QED) is 0.868. The fourth-order valence-corrected chi connectivity index (χ4v) is 1.97. The molecule has 0 amide bonds. The molecule has 4 nitrogen and oxygen atoms in total. The van der Waals surface area contributed by atoms with Crippen LogP contribution in [0.2, 0.25) is 0 Å². The number of H-pyrrole nitrogens is 1. The van der Waals surface area contributed by atoms with Crippen molar-refractivity contribution in [2.45, 2.75) is 25.8 Å². The smallest absolute Gasteiger partial charge is 0.251 e. The van der Waals surface area contributed by atoms with E-state index in [1.165, 1.54) is 0 Å². The topological polar surface area (TPSA) is 68.1 Å². The molecule has 0 radical (unpaired) electrons. The Morgan fingerprint density at radius 3 is 2.67 bits per heavy atom. The van der Waals surface area contributed by atoms with Crippen LogP contribution in [-0.2, 0) is 6.42 Å². The molecule has 0 aliphatic rings. The number of rotatable bonds is 3. The standard InChI is InChI=1S/C14H18N2O2/c1-14(2,15)8-10-6-9-4-5-11(18-3)7-12(9)16-13(10)17/h4-7H,8,15H2,1-3H3,(H,16,17). The molecule has 3 N–H and O–H groups in total. The summed E-state index contributed by atoms with van der Waals surface area (Å²) in [4.78, 5) is 14.8. The van der Waals surface area contributed by atoms with E-state index in [9.17, 15) is 4.79 Å². The van der Waals surface area contributed by atoms with Gasteiger partial charge in [0.05, 0.1) is 12.6 Å². The van der Waals surface area contributed by atoms with Crippen LogP contribution in [0.25, 0.3) is 10.9 Å². The number of aromatic nitrogens is 1. The SMILES string of the molecule is COc1ccc2cc(CC(C)(C)N)c(=O)[nH]c2c1. The summed E-state index contributed by atoms with van der Waals surface area (Å²) in [6.45, 7) is 3.81. The molecular formula is C14H18N2O2. The van der Waals surface area contributed by atoms with Crippen molar-refractivity contribution in [3.63, 3.8) is 0 Å². The average molecular weight is 246 g/mol. The van der Waals surface area contributed by atoms with Gasteiger partial charge in [-0.3, -0.25) is 4.79 Å². The molecule has 4 heteroatoms. The Morgan fingerprint density at radius 1 is 1.33 bits per heavy atom. The molecule has 96 valence electrons. The lowest BCUT2D eigenvalue weighted by molar-refractivity contribution is 0.415. The van der Waals surface area contributed by atoms with Crippen molar-refractivity contribution in [1.82, 2.24) is 4.98 Å². The van der Waals surface area contributed by atoms with Crippen LogP contribution in [0.15, 0.2) is 29.1 Å². The van der Waals surface area contributed by atoms with Gasteiger partial charge in [-0.1, -0.05) is 0 Å². The third-order valence-electron chi connectivity index (χ3n) is 2.78. The van der Waals surface area contributed by atoms with Crippen LogP contribution in [0.1, 0.15) is 19.4 Å². The molecule has 0 fully saturated rings. The minimum atomic E-state index is -0.396. The first-order valence-electron chi connectivity index (χ1n) is 5.88. The second kappa shape index (κ2) is 4.46. The number of nitrogens with one attached hydrogen (secondary N) is 1. The van der Waals surface area contributed by atoms with E-state index in [1.54, 1.807) is 7.11 Å².